The molecular weight excluding hydrogens is 469 g/mol. The summed E-state index contributed by atoms with van der Waals surface area (Å²) in [5, 5.41) is 16.4. The van der Waals surface area contributed by atoms with Crippen molar-refractivity contribution in [2.45, 2.75) is 58.4 Å². The molecule has 11 heteroatoms. The van der Waals surface area contributed by atoms with E-state index in [-0.39, 0.29) is 6.10 Å². The van der Waals surface area contributed by atoms with Crippen molar-refractivity contribution in [3.05, 3.63) is 35.0 Å². The summed E-state index contributed by atoms with van der Waals surface area (Å²) in [7, 11) is 0. The van der Waals surface area contributed by atoms with Gasteiger partial charge in [-0.3, -0.25) is 9.80 Å². The molecule has 7 nitrogen and oxygen atoms in total. The second kappa shape index (κ2) is 9.44. The van der Waals surface area contributed by atoms with Crippen LogP contribution in [0.4, 0.5) is 23.9 Å². The Morgan fingerprint density at radius 3 is 2.38 bits per heavy atom. The Hall–Kier alpha value is -2.82. The van der Waals surface area contributed by atoms with Gasteiger partial charge in [0.2, 0.25) is 0 Å². The average molecular weight is 497 g/mol. The molecule has 0 amide bonds. The lowest BCUT2D eigenvalue weighted by Crippen LogP contribution is -2.38. The molecule has 2 atom stereocenters. The van der Waals surface area contributed by atoms with Crippen LogP contribution in [0.1, 0.15) is 36.9 Å². The fourth-order valence-electron chi connectivity index (χ4n) is 4.54. The number of aryl methyl sites for hydroxylation is 2. The molecule has 2 aromatic rings. The van der Waals surface area contributed by atoms with E-state index in [0.29, 0.717) is 11.4 Å². The number of anilines is 2. The van der Waals surface area contributed by atoms with Gasteiger partial charge in [-0.1, -0.05) is 6.92 Å². The fraction of sp³-hybridized carbons (Fsp3) is 0.522. The van der Waals surface area contributed by atoms with Crippen LogP contribution in [0, 0.1) is 19.8 Å². The van der Waals surface area contributed by atoms with Crippen LogP contribution < -0.4 is 14.6 Å². The molecular formula is C23H27F3N4O3S. The number of rotatable bonds is 6. The first-order valence-electron chi connectivity index (χ1n) is 11.2. The SMILES string of the molecule is Cc1nc(C)c(N2CCC(Oc3ccc(N4N=C(C(F)(F)F)[C@@H](C)[C@@H]4CC(=O)O)cc3)CC2)s1. The van der Waals surface area contributed by atoms with E-state index in [1.807, 2.05) is 13.8 Å². The molecule has 3 heterocycles. The molecule has 0 radical (unpaired) electrons. The van der Waals surface area contributed by atoms with E-state index in [4.69, 9.17) is 4.74 Å². The Labute approximate surface area is 199 Å². The molecule has 34 heavy (non-hydrogen) atoms. The van der Waals surface area contributed by atoms with Crippen molar-refractivity contribution in [3.8, 4) is 5.75 Å². The number of hydrogen-bond acceptors (Lipinski definition) is 7. The zero-order valence-electron chi connectivity index (χ0n) is 19.2. The number of alkyl halides is 3. The molecule has 0 saturated carbocycles. The molecule has 4 rings (SSSR count). The summed E-state index contributed by atoms with van der Waals surface area (Å²) in [5.41, 5.74) is 0.485. The molecule has 0 spiro atoms. The Morgan fingerprint density at radius 2 is 1.85 bits per heavy atom. The lowest BCUT2D eigenvalue weighted by molar-refractivity contribution is -0.137. The molecule has 0 aliphatic carbocycles. The first kappa shape index (κ1) is 24.3. The van der Waals surface area contributed by atoms with Crippen molar-refractivity contribution in [1.29, 1.82) is 0 Å². The number of nitrogens with zero attached hydrogens (tertiary/aromatic N) is 4. The lowest BCUT2D eigenvalue weighted by atomic mass is 9.94. The van der Waals surface area contributed by atoms with E-state index in [2.05, 4.69) is 15.0 Å². The van der Waals surface area contributed by atoms with Crippen molar-refractivity contribution in [1.82, 2.24) is 4.98 Å². The predicted octanol–water partition coefficient (Wildman–Crippen LogP) is 5.03. The second-order valence-corrected chi connectivity index (χ2v) is 9.88. The number of thiazole rings is 1. The van der Waals surface area contributed by atoms with Crippen LogP contribution in [0.5, 0.6) is 5.75 Å². The Morgan fingerprint density at radius 1 is 1.21 bits per heavy atom. The van der Waals surface area contributed by atoms with Crippen LogP contribution in [0.2, 0.25) is 0 Å². The predicted molar refractivity (Wildman–Crippen MR) is 125 cm³/mol. The van der Waals surface area contributed by atoms with Crippen LogP contribution in [-0.2, 0) is 4.79 Å². The molecule has 1 aromatic heterocycles. The molecule has 1 saturated heterocycles. The number of hydrogen-bond donors (Lipinski definition) is 1. The van der Waals surface area contributed by atoms with Crippen molar-refractivity contribution in [3.63, 3.8) is 0 Å². The van der Waals surface area contributed by atoms with Gasteiger partial charge in [-0.2, -0.15) is 18.3 Å². The number of carbonyl (C=O) groups is 1. The quantitative estimate of drug-likeness (QED) is 0.605. The van der Waals surface area contributed by atoms with E-state index in [0.717, 1.165) is 36.6 Å². The number of carboxylic acid groups (broad SMARTS) is 1. The number of carboxylic acids is 1. The standard InChI is InChI=1S/C23H27F3N4O3S/c1-13-19(12-20(31)32)30(28-21(13)23(24,25)26)16-4-6-17(7-5-16)33-18-8-10-29(11-9-18)22-14(2)27-15(3)34-22/h4-7,13,18-19H,8-12H2,1-3H3,(H,31,32)/t13-,19-/m0/s1. The van der Waals surface area contributed by atoms with Crippen molar-refractivity contribution in [2.75, 3.05) is 23.0 Å². The number of ether oxygens (including phenoxy) is 1. The van der Waals surface area contributed by atoms with Crippen molar-refractivity contribution in [2.24, 2.45) is 11.0 Å². The minimum Gasteiger partial charge on any atom is -0.490 e. The number of piperidine rings is 1. The highest BCUT2D eigenvalue weighted by atomic mass is 32.1. The van der Waals surface area contributed by atoms with Crippen LogP contribution in [-0.4, -0.2) is 53.2 Å². The highest BCUT2D eigenvalue weighted by Gasteiger charge is 2.48. The third-order valence-corrected chi connectivity index (χ3v) is 7.36. The molecule has 1 aromatic carbocycles. The summed E-state index contributed by atoms with van der Waals surface area (Å²) >= 11 is 1.70. The van der Waals surface area contributed by atoms with E-state index in [1.165, 1.54) is 16.9 Å². The molecule has 0 unspecified atom stereocenters. The van der Waals surface area contributed by atoms with Gasteiger partial charge in [-0.05, 0) is 38.1 Å². The minimum absolute atomic E-state index is 0.0397. The van der Waals surface area contributed by atoms with Crippen molar-refractivity contribution < 1.29 is 27.8 Å². The van der Waals surface area contributed by atoms with E-state index in [9.17, 15) is 23.1 Å². The number of aromatic nitrogens is 1. The molecule has 1 N–H and O–H groups in total. The number of benzene rings is 1. The van der Waals surface area contributed by atoms with Gasteiger partial charge in [0.05, 0.1) is 28.9 Å². The average Bonchev–Trinajstić information content (AvgIpc) is 3.27. The van der Waals surface area contributed by atoms with Gasteiger partial charge in [0.15, 0.2) is 0 Å². The van der Waals surface area contributed by atoms with Gasteiger partial charge in [-0.15, -0.1) is 11.3 Å². The van der Waals surface area contributed by atoms with Gasteiger partial charge >= 0.3 is 12.1 Å². The van der Waals surface area contributed by atoms with Crippen LogP contribution >= 0.6 is 11.3 Å². The van der Waals surface area contributed by atoms with E-state index >= 15 is 0 Å². The maximum atomic E-state index is 13.4. The maximum absolute atomic E-state index is 13.4. The van der Waals surface area contributed by atoms with Crippen LogP contribution in [0.3, 0.4) is 0 Å². The van der Waals surface area contributed by atoms with Gasteiger partial charge in [0.25, 0.3) is 0 Å². The molecule has 0 bridgehead atoms. The monoisotopic (exact) mass is 496 g/mol. The second-order valence-electron chi connectivity index (χ2n) is 8.70. The third-order valence-electron chi connectivity index (χ3n) is 6.22. The first-order valence-corrected chi connectivity index (χ1v) is 12.0. The molecule has 184 valence electrons. The van der Waals surface area contributed by atoms with Gasteiger partial charge < -0.3 is 14.7 Å². The summed E-state index contributed by atoms with van der Waals surface area (Å²) < 4.78 is 46.2. The summed E-state index contributed by atoms with van der Waals surface area (Å²) in [5.74, 6) is -1.60. The fourth-order valence-corrected chi connectivity index (χ4v) is 5.51. The topological polar surface area (TPSA) is 78.3 Å². The van der Waals surface area contributed by atoms with E-state index < -0.39 is 36.2 Å². The molecule has 2 aliphatic rings. The highest BCUT2D eigenvalue weighted by molar-refractivity contribution is 7.15. The van der Waals surface area contributed by atoms with Crippen molar-refractivity contribution >= 4 is 33.7 Å². The first-order chi connectivity index (χ1) is 16.0. The number of halogens is 3. The van der Waals surface area contributed by atoms with Crippen LogP contribution in [0.15, 0.2) is 29.4 Å². The zero-order valence-corrected chi connectivity index (χ0v) is 20.0. The number of aliphatic carboxylic acids is 1. The Bertz CT molecular complexity index is 1060. The maximum Gasteiger partial charge on any atom is 0.431 e. The summed E-state index contributed by atoms with van der Waals surface area (Å²) in [6.07, 6.45) is -3.32. The van der Waals surface area contributed by atoms with Gasteiger partial charge in [0, 0.05) is 31.8 Å². The minimum atomic E-state index is -4.61. The Balaban J connectivity index is 1.41. The number of hydrazone groups is 1. The normalized spacial score (nSPS) is 21.6. The largest absolute Gasteiger partial charge is 0.490 e. The zero-order chi connectivity index (χ0) is 24.6. The third kappa shape index (κ3) is 5.13. The highest BCUT2D eigenvalue weighted by Crippen LogP contribution is 2.37. The molecule has 2 aliphatic heterocycles. The lowest BCUT2D eigenvalue weighted by Gasteiger charge is -2.33. The summed E-state index contributed by atoms with van der Waals surface area (Å²) in [6.45, 7) is 7.11. The molecule has 1 fully saturated rings. The van der Waals surface area contributed by atoms with Gasteiger partial charge in [-0.25, -0.2) is 4.98 Å². The smallest absolute Gasteiger partial charge is 0.431 e. The van der Waals surface area contributed by atoms with Crippen LogP contribution in [0.25, 0.3) is 0 Å². The summed E-state index contributed by atoms with van der Waals surface area (Å²) in [6, 6.07) is 5.73. The van der Waals surface area contributed by atoms with Gasteiger partial charge in [0.1, 0.15) is 22.6 Å². The summed E-state index contributed by atoms with van der Waals surface area (Å²) in [4.78, 5) is 18.1. The van der Waals surface area contributed by atoms with E-state index in [1.54, 1.807) is 35.6 Å². The Kier molecular flexibility index (Phi) is 6.75.